The first kappa shape index (κ1) is 20.8. The number of carbonyl (C=O) groups excluding carboxylic acids is 1. The highest BCUT2D eigenvalue weighted by molar-refractivity contribution is 7.22. The minimum absolute atomic E-state index is 0.0531. The average molecular weight is 448 g/mol. The Kier molecular flexibility index (Phi) is 5.49. The highest BCUT2D eigenvalue weighted by Crippen LogP contribution is 2.42. The quantitative estimate of drug-likeness (QED) is 0.499. The Balaban J connectivity index is 1.42. The largest absolute Gasteiger partial charge is 0.508 e. The molecule has 0 amide bonds. The highest BCUT2D eigenvalue weighted by Gasteiger charge is 2.29. The van der Waals surface area contributed by atoms with E-state index in [1.165, 1.54) is 11.3 Å². The molecule has 1 fully saturated rings. The summed E-state index contributed by atoms with van der Waals surface area (Å²) in [7, 11) is 0. The van der Waals surface area contributed by atoms with Crippen molar-refractivity contribution in [2.24, 2.45) is 5.92 Å². The van der Waals surface area contributed by atoms with Crippen molar-refractivity contribution in [2.75, 3.05) is 19.6 Å². The number of ether oxygens (including phenoxy) is 1. The predicted octanol–water partition coefficient (Wildman–Crippen LogP) is 5.34. The molecule has 164 valence electrons. The molecule has 1 aliphatic carbocycles. The summed E-state index contributed by atoms with van der Waals surface area (Å²) in [4.78, 5) is 16.8. The molecule has 0 bridgehead atoms. The van der Waals surface area contributed by atoms with Gasteiger partial charge in [-0.3, -0.25) is 9.69 Å². The van der Waals surface area contributed by atoms with E-state index in [1.807, 2.05) is 36.4 Å². The van der Waals surface area contributed by atoms with Crippen molar-refractivity contribution >= 4 is 27.2 Å². The van der Waals surface area contributed by atoms with Gasteiger partial charge in [0.25, 0.3) is 0 Å². The number of thiophene rings is 1. The molecule has 2 N–H and O–H groups in total. The Morgan fingerprint density at radius 3 is 2.56 bits per heavy atom. The monoisotopic (exact) mass is 447 g/mol. The molecular formula is C26H25NO4S. The van der Waals surface area contributed by atoms with Gasteiger partial charge in [0.1, 0.15) is 23.4 Å². The van der Waals surface area contributed by atoms with Crippen LogP contribution in [0.2, 0.25) is 0 Å². The van der Waals surface area contributed by atoms with Crippen molar-refractivity contribution in [3.05, 3.63) is 72.0 Å². The molecular weight excluding hydrogens is 422 g/mol. The number of nitrogens with zero attached hydrogens (tertiary/aromatic N) is 1. The SMILES string of the molecule is CCN1CC(OC2=CC[C@@H](C(=O)c3c(-c4ccc(O)cc4)sc4cc(O)ccc34)C=C2)C1. The van der Waals surface area contributed by atoms with Crippen LogP contribution in [0.3, 0.4) is 0 Å². The Hall–Kier alpha value is -3.09. The van der Waals surface area contributed by atoms with E-state index in [2.05, 4.69) is 11.8 Å². The number of ketones is 1. The second-order valence-electron chi connectivity index (χ2n) is 8.30. The zero-order chi connectivity index (χ0) is 22.2. The van der Waals surface area contributed by atoms with Gasteiger partial charge in [-0.25, -0.2) is 0 Å². The predicted molar refractivity (Wildman–Crippen MR) is 127 cm³/mol. The second-order valence-corrected chi connectivity index (χ2v) is 9.35. The molecule has 5 rings (SSSR count). The molecule has 1 aromatic heterocycles. The molecule has 5 nitrogen and oxygen atoms in total. The molecule has 0 radical (unpaired) electrons. The third-order valence-electron chi connectivity index (χ3n) is 6.13. The number of phenolic OH excluding ortho intramolecular Hbond substituents is 2. The summed E-state index contributed by atoms with van der Waals surface area (Å²) in [5.74, 6) is 0.987. The number of hydrogen-bond acceptors (Lipinski definition) is 6. The normalized spacial score (nSPS) is 19.0. The molecule has 2 aliphatic rings. The van der Waals surface area contributed by atoms with Gasteiger partial charge in [0.2, 0.25) is 0 Å². The molecule has 2 heterocycles. The lowest BCUT2D eigenvalue weighted by Gasteiger charge is -2.38. The van der Waals surface area contributed by atoms with Crippen molar-refractivity contribution in [1.29, 1.82) is 0 Å². The van der Waals surface area contributed by atoms with Crippen molar-refractivity contribution in [3.63, 3.8) is 0 Å². The van der Waals surface area contributed by atoms with E-state index in [-0.39, 0.29) is 29.3 Å². The van der Waals surface area contributed by atoms with E-state index in [0.717, 1.165) is 45.9 Å². The highest BCUT2D eigenvalue weighted by atomic mass is 32.1. The molecule has 32 heavy (non-hydrogen) atoms. The number of aromatic hydroxyl groups is 2. The Morgan fingerprint density at radius 1 is 1.12 bits per heavy atom. The number of Topliss-reactive ketones (excluding diaryl/α,β-unsaturated/α-hetero) is 1. The fourth-order valence-electron chi connectivity index (χ4n) is 4.26. The number of phenols is 2. The molecule has 0 unspecified atom stereocenters. The summed E-state index contributed by atoms with van der Waals surface area (Å²) in [5.41, 5.74) is 1.54. The van der Waals surface area contributed by atoms with Crippen LogP contribution in [-0.4, -0.2) is 46.6 Å². The van der Waals surface area contributed by atoms with Gasteiger partial charge in [-0.2, -0.15) is 0 Å². The maximum Gasteiger partial charge on any atom is 0.172 e. The standard InChI is InChI=1S/C26H25NO4S/c1-2-27-14-21(15-27)31-20-10-5-16(6-11-20)25(30)24-22-12-9-19(29)13-23(22)32-26(24)17-3-7-18(28)8-4-17/h3-5,7-13,16,21,28-29H,2,6,14-15H2,1H3/t16-/m0/s1. The lowest BCUT2D eigenvalue weighted by molar-refractivity contribution is -0.0150. The van der Waals surface area contributed by atoms with Gasteiger partial charge in [-0.1, -0.05) is 13.0 Å². The van der Waals surface area contributed by atoms with Gasteiger partial charge in [0.15, 0.2) is 5.78 Å². The number of benzene rings is 2. The van der Waals surface area contributed by atoms with Crippen LogP contribution in [0.4, 0.5) is 0 Å². The van der Waals surface area contributed by atoms with Crippen LogP contribution in [0.15, 0.2) is 66.5 Å². The molecule has 3 aromatic rings. The minimum atomic E-state index is -0.265. The fourth-order valence-corrected chi connectivity index (χ4v) is 5.51. The maximum atomic E-state index is 13.7. The number of likely N-dealkylation sites (tertiary alicyclic amines) is 1. The Morgan fingerprint density at radius 2 is 1.88 bits per heavy atom. The molecule has 0 saturated carbocycles. The maximum absolute atomic E-state index is 13.7. The summed E-state index contributed by atoms with van der Waals surface area (Å²) in [6.07, 6.45) is 6.70. The summed E-state index contributed by atoms with van der Waals surface area (Å²) < 4.78 is 6.90. The summed E-state index contributed by atoms with van der Waals surface area (Å²) in [6.45, 7) is 5.09. The number of fused-ring (bicyclic) bond motifs is 1. The Labute approximate surface area is 190 Å². The van der Waals surface area contributed by atoms with E-state index < -0.39 is 0 Å². The number of hydrogen-bond donors (Lipinski definition) is 2. The van der Waals surface area contributed by atoms with Gasteiger partial charge in [-0.15, -0.1) is 11.3 Å². The van der Waals surface area contributed by atoms with Crippen LogP contribution in [0.5, 0.6) is 11.5 Å². The molecule has 6 heteroatoms. The summed E-state index contributed by atoms with van der Waals surface area (Å²) in [5, 5.41) is 20.5. The van der Waals surface area contributed by atoms with Crippen LogP contribution in [0.1, 0.15) is 23.7 Å². The number of carbonyl (C=O) groups is 1. The van der Waals surface area contributed by atoms with Gasteiger partial charge in [0, 0.05) is 39.5 Å². The lowest BCUT2D eigenvalue weighted by Crippen LogP contribution is -2.51. The fraction of sp³-hybridized carbons (Fsp3) is 0.269. The van der Waals surface area contributed by atoms with Gasteiger partial charge in [0.05, 0.1) is 0 Å². The minimum Gasteiger partial charge on any atom is -0.508 e. The van der Waals surface area contributed by atoms with Crippen molar-refractivity contribution in [2.45, 2.75) is 19.4 Å². The number of rotatable bonds is 6. The first-order valence-electron chi connectivity index (χ1n) is 10.9. The first-order chi connectivity index (χ1) is 15.5. The van der Waals surface area contributed by atoms with Crippen molar-refractivity contribution in [3.8, 4) is 21.9 Å². The van der Waals surface area contributed by atoms with Crippen LogP contribution < -0.4 is 0 Å². The smallest absolute Gasteiger partial charge is 0.172 e. The number of likely N-dealkylation sites (N-methyl/N-ethyl adjacent to an activating group) is 1. The van der Waals surface area contributed by atoms with Gasteiger partial charge in [-0.05, 0) is 73.1 Å². The van der Waals surface area contributed by atoms with E-state index in [9.17, 15) is 15.0 Å². The molecule has 1 atom stereocenters. The van der Waals surface area contributed by atoms with Crippen molar-refractivity contribution in [1.82, 2.24) is 4.90 Å². The molecule has 1 aliphatic heterocycles. The third-order valence-corrected chi connectivity index (χ3v) is 7.33. The summed E-state index contributed by atoms with van der Waals surface area (Å²) in [6, 6.07) is 12.0. The van der Waals surface area contributed by atoms with Crippen LogP contribution in [0.25, 0.3) is 20.5 Å². The van der Waals surface area contributed by atoms with Crippen LogP contribution >= 0.6 is 11.3 Å². The lowest BCUT2D eigenvalue weighted by atomic mass is 9.89. The second kappa shape index (κ2) is 8.45. The molecule has 2 aromatic carbocycles. The molecule has 1 saturated heterocycles. The number of allylic oxidation sites excluding steroid dienone is 3. The molecule has 0 spiro atoms. The van der Waals surface area contributed by atoms with Gasteiger partial charge < -0.3 is 14.9 Å². The summed E-state index contributed by atoms with van der Waals surface area (Å²) >= 11 is 1.48. The van der Waals surface area contributed by atoms with E-state index in [1.54, 1.807) is 24.3 Å². The average Bonchev–Trinajstić information content (AvgIpc) is 3.14. The topological polar surface area (TPSA) is 70.0 Å². The van der Waals surface area contributed by atoms with E-state index in [0.29, 0.717) is 12.0 Å². The van der Waals surface area contributed by atoms with E-state index >= 15 is 0 Å². The third kappa shape index (κ3) is 3.92. The Bertz CT molecular complexity index is 1220. The van der Waals surface area contributed by atoms with Crippen LogP contribution in [0, 0.1) is 5.92 Å². The van der Waals surface area contributed by atoms with Crippen molar-refractivity contribution < 1.29 is 19.7 Å². The van der Waals surface area contributed by atoms with E-state index in [4.69, 9.17) is 4.74 Å². The zero-order valence-corrected chi connectivity index (χ0v) is 18.6. The van der Waals surface area contributed by atoms with Gasteiger partial charge >= 0.3 is 0 Å². The first-order valence-corrected chi connectivity index (χ1v) is 11.7. The zero-order valence-electron chi connectivity index (χ0n) is 17.8. The van der Waals surface area contributed by atoms with Crippen LogP contribution in [-0.2, 0) is 4.74 Å².